The second-order valence-electron chi connectivity index (χ2n) is 5.28. The highest BCUT2D eigenvalue weighted by molar-refractivity contribution is 5.77. The van der Waals surface area contributed by atoms with E-state index in [0.717, 1.165) is 38.9 Å². The first-order chi connectivity index (χ1) is 10.2. The molecular formula is C15H23N3O3. The zero-order valence-corrected chi connectivity index (χ0v) is 12.7. The Balaban J connectivity index is 2.24. The number of piperidine rings is 1. The van der Waals surface area contributed by atoms with Gasteiger partial charge in [0.15, 0.2) is 0 Å². The van der Waals surface area contributed by atoms with Gasteiger partial charge in [-0.1, -0.05) is 13.0 Å². The molecule has 2 rings (SSSR count). The summed E-state index contributed by atoms with van der Waals surface area (Å²) in [6.45, 7) is 4.35. The molecule has 116 valence electrons. The van der Waals surface area contributed by atoms with Crippen molar-refractivity contribution < 1.29 is 9.66 Å². The van der Waals surface area contributed by atoms with E-state index in [9.17, 15) is 10.1 Å². The van der Waals surface area contributed by atoms with Crippen molar-refractivity contribution in [1.82, 2.24) is 0 Å². The third kappa shape index (κ3) is 3.64. The number of hydrogen-bond donors (Lipinski definition) is 1. The molecule has 1 heterocycles. The van der Waals surface area contributed by atoms with Gasteiger partial charge in [-0.05, 0) is 31.4 Å². The summed E-state index contributed by atoms with van der Waals surface area (Å²) >= 11 is 0. The van der Waals surface area contributed by atoms with Gasteiger partial charge in [-0.2, -0.15) is 0 Å². The average Bonchev–Trinajstić information content (AvgIpc) is 2.52. The number of nitro groups is 1. The largest absolute Gasteiger partial charge is 0.381 e. The normalized spacial score (nSPS) is 16.0. The van der Waals surface area contributed by atoms with Gasteiger partial charge in [0.1, 0.15) is 11.4 Å². The van der Waals surface area contributed by atoms with Gasteiger partial charge in [0.2, 0.25) is 0 Å². The number of nitro benzene ring substituents is 1. The molecule has 1 aliphatic heterocycles. The summed E-state index contributed by atoms with van der Waals surface area (Å²) in [5.74, 6) is 0. The number of para-hydroxylation sites is 1. The molecule has 0 saturated carbocycles. The van der Waals surface area contributed by atoms with Crippen molar-refractivity contribution in [3.8, 4) is 0 Å². The zero-order chi connectivity index (χ0) is 15.2. The Hall–Kier alpha value is -1.82. The maximum absolute atomic E-state index is 11.5. The topological polar surface area (TPSA) is 67.6 Å². The molecule has 0 aromatic heterocycles. The van der Waals surface area contributed by atoms with Crippen molar-refractivity contribution in [2.75, 3.05) is 37.0 Å². The molecule has 0 atom stereocenters. The van der Waals surface area contributed by atoms with Crippen molar-refractivity contribution in [3.05, 3.63) is 28.3 Å². The van der Waals surface area contributed by atoms with Crippen molar-refractivity contribution in [2.45, 2.75) is 32.3 Å². The van der Waals surface area contributed by atoms with E-state index < -0.39 is 0 Å². The molecule has 6 nitrogen and oxygen atoms in total. The number of methoxy groups -OCH3 is 1. The van der Waals surface area contributed by atoms with Gasteiger partial charge in [-0.15, -0.1) is 0 Å². The summed E-state index contributed by atoms with van der Waals surface area (Å²) in [5, 5.41) is 14.6. The van der Waals surface area contributed by atoms with Crippen molar-refractivity contribution in [1.29, 1.82) is 0 Å². The van der Waals surface area contributed by atoms with Crippen LogP contribution in [0.4, 0.5) is 17.1 Å². The Kier molecular flexibility index (Phi) is 5.38. The minimum Gasteiger partial charge on any atom is -0.381 e. The Bertz CT molecular complexity index is 485. The summed E-state index contributed by atoms with van der Waals surface area (Å²) in [6.07, 6.45) is 3.00. The van der Waals surface area contributed by atoms with E-state index in [0.29, 0.717) is 11.4 Å². The van der Waals surface area contributed by atoms with Gasteiger partial charge in [-0.3, -0.25) is 10.1 Å². The van der Waals surface area contributed by atoms with Gasteiger partial charge in [0, 0.05) is 26.7 Å². The Morgan fingerprint density at radius 2 is 2.14 bits per heavy atom. The van der Waals surface area contributed by atoms with Crippen LogP contribution >= 0.6 is 0 Å². The molecule has 1 fully saturated rings. The number of nitrogens with one attached hydrogen (secondary N) is 1. The number of anilines is 2. The predicted molar refractivity (Wildman–Crippen MR) is 84.1 cm³/mol. The van der Waals surface area contributed by atoms with Crippen LogP contribution in [0.3, 0.4) is 0 Å². The van der Waals surface area contributed by atoms with Crippen molar-refractivity contribution >= 4 is 17.1 Å². The Morgan fingerprint density at radius 3 is 2.71 bits per heavy atom. The molecule has 0 bridgehead atoms. The molecule has 21 heavy (non-hydrogen) atoms. The predicted octanol–water partition coefficient (Wildman–Crippen LogP) is 3.03. The first kappa shape index (κ1) is 15.6. The number of benzene rings is 1. The summed E-state index contributed by atoms with van der Waals surface area (Å²) < 4.78 is 5.36. The van der Waals surface area contributed by atoms with Crippen LogP contribution in [0.1, 0.15) is 26.2 Å². The van der Waals surface area contributed by atoms with Crippen LogP contribution < -0.4 is 10.2 Å². The highest BCUT2D eigenvalue weighted by atomic mass is 16.6. The lowest BCUT2D eigenvalue weighted by molar-refractivity contribution is -0.383. The first-order valence-electron chi connectivity index (χ1n) is 7.46. The molecule has 0 amide bonds. The molecule has 0 unspecified atom stereocenters. The van der Waals surface area contributed by atoms with Gasteiger partial charge in [-0.25, -0.2) is 0 Å². The lowest BCUT2D eigenvalue weighted by Gasteiger charge is -2.32. The maximum atomic E-state index is 11.5. The monoisotopic (exact) mass is 293 g/mol. The standard InChI is InChI=1S/C15H23N3O3/c1-3-9-16-13-5-4-6-14(15(13)18(19)20)17-10-7-12(21-2)8-11-17/h4-6,12,16H,3,7-11H2,1-2H3. The van der Waals surface area contributed by atoms with E-state index in [1.807, 2.05) is 19.1 Å². The van der Waals surface area contributed by atoms with Crippen molar-refractivity contribution in [3.63, 3.8) is 0 Å². The fraction of sp³-hybridized carbons (Fsp3) is 0.600. The number of hydrogen-bond acceptors (Lipinski definition) is 5. The van der Waals surface area contributed by atoms with E-state index in [-0.39, 0.29) is 16.7 Å². The van der Waals surface area contributed by atoms with E-state index in [4.69, 9.17) is 4.74 Å². The lowest BCUT2D eigenvalue weighted by atomic mass is 10.1. The van der Waals surface area contributed by atoms with E-state index in [1.165, 1.54) is 0 Å². The SMILES string of the molecule is CCCNc1cccc(N2CCC(OC)CC2)c1[N+](=O)[O-]. The number of ether oxygens (including phenoxy) is 1. The highest BCUT2D eigenvalue weighted by Crippen LogP contribution is 2.36. The minimum atomic E-state index is -0.282. The van der Waals surface area contributed by atoms with Crippen LogP contribution in [0.25, 0.3) is 0 Å². The quantitative estimate of drug-likeness (QED) is 0.645. The molecule has 1 N–H and O–H groups in total. The van der Waals surface area contributed by atoms with Crippen molar-refractivity contribution in [2.24, 2.45) is 0 Å². The van der Waals surface area contributed by atoms with Gasteiger partial charge in [0.05, 0.1) is 11.0 Å². The fourth-order valence-corrected chi connectivity index (χ4v) is 2.71. The van der Waals surface area contributed by atoms with Crippen LogP contribution in [-0.2, 0) is 4.74 Å². The van der Waals surface area contributed by atoms with E-state index in [1.54, 1.807) is 13.2 Å². The molecule has 0 aliphatic carbocycles. The molecule has 0 spiro atoms. The highest BCUT2D eigenvalue weighted by Gasteiger charge is 2.27. The number of rotatable bonds is 6. The maximum Gasteiger partial charge on any atom is 0.315 e. The van der Waals surface area contributed by atoms with Gasteiger partial charge in [0.25, 0.3) is 0 Å². The fourth-order valence-electron chi connectivity index (χ4n) is 2.71. The zero-order valence-electron chi connectivity index (χ0n) is 12.7. The summed E-state index contributed by atoms with van der Waals surface area (Å²) in [7, 11) is 1.72. The Labute approximate surface area is 125 Å². The average molecular weight is 293 g/mol. The smallest absolute Gasteiger partial charge is 0.315 e. The summed E-state index contributed by atoms with van der Waals surface area (Å²) in [4.78, 5) is 13.3. The third-order valence-corrected chi connectivity index (χ3v) is 3.88. The second kappa shape index (κ2) is 7.26. The molecular weight excluding hydrogens is 270 g/mol. The van der Waals surface area contributed by atoms with E-state index >= 15 is 0 Å². The van der Waals surface area contributed by atoms with Crippen LogP contribution in [0.5, 0.6) is 0 Å². The summed E-state index contributed by atoms with van der Waals surface area (Å²) in [5.41, 5.74) is 1.49. The molecule has 0 radical (unpaired) electrons. The van der Waals surface area contributed by atoms with E-state index in [2.05, 4.69) is 10.2 Å². The molecule has 1 aliphatic rings. The van der Waals surface area contributed by atoms with Crippen LogP contribution in [-0.4, -0.2) is 37.8 Å². The Morgan fingerprint density at radius 1 is 1.43 bits per heavy atom. The van der Waals surface area contributed by atoms with Crippen LogP contribution in [0.2, 0.25) is 0 Å². The summed E-state index contributed by atoms with van der Waals surface area (Å²) in [6, 6.07) is 5.49. The van der Waals surface area contributed by atoms with Crippen LogP contribution in [0.15, 0.2) is 18.2 Å². The second-order valence-corrected chi connectivity index (χ2v) is 5.28. The molecule has 1 saturated heterocycles. The third-order valence-electron chi connectivity index (χ3n) is 3.88. The molecule has 6 heteroatoms. The first-order valence-corrected chi connectivity index (χ1v) is 7.46. The molecule has 1 aromatic rings. The van der Waals surface area contributed by atoms with Crippen LogP contribution in [0, 0.1) is 10.1 Å². The minimum absolute atomic E-state index is 0.182. The number of nitrogens with zero attached hydrogens (tertiary/aromatic N) is 2. The molecule has 1 aromatic carbocycles. The van der Waals surface area contributed by atoms with Gasteiger partial charge >= 0.3 is 5.69 Å². The van der Waals surface area contributed by atoms with Gasteiger partial charge < -0.3 is 15.0 Å². The lowest BCUT2D eigenvalue weighted by Crippen LogP contribution is -2.37.